The molecule has 1 saturated heterocycles. The molecule has 1 fully saturated rings. The molecular weight excluding hydrogens is 609 g/mol. The van der Waals surface area contributed by atoms with E-state index in [1.165, 1.54) is 20.3 Å². The number of nitrogens with zero attached hydrogens (tertiary/aromatic N) is 5. The molecule has 1 aromatic carbocycles. The maximum absolute atomic E-state index is 12.0. The van der Waals surface area contributed by atoms with Crippen molar-refractivity contribution >= 4 is 51.7 Å². The summed E-state index contributed by atoms with van der Waals surface area (Å²) in [5.41, 5.74) is 2.42. The van der Waals surface area contributed by atoms with Crippen LogP contribution in [0.3, 0.4) is 0 Å². The Labute approximate surface area is 264 Å². The van der Waals surface area contributed by atoms with Crippen molar-refractivity contribution in [3.05, 3.63) is 59.0 Å². The largest absolute Gasteiger partial charge is 0.495 e. The van der Waals surface area contributed by atoms with Crippen LogP contribution in [-0.2, 0) is 27.4 Å². The van der Waals surface area contributed by atoms with E-state index in [-0.39, 0.29) is 27.8 Å². The third-order valence-corrected chi connectivity index (χ3v) is 8.02. The molecule has 0 saturated carbocycles. The molecule has 2 atom stereocenters. The van der Waals surface area contributed by atoms with Gasteiger partial charge in [0.2, 0.25) is 5.95 Å². The summed E-state index contributed by atoms with van der Waals surface area (Å²) in [5, 5.41) is 12.4. The molecule has 12 nitrogen and oxygen atoms in total. The van der Waals surface area contributed by atoms with Crippen molar-refractivity contribution in [3.8, 4) is 22.8 Å². The number of ketones is 1. The number of hydrogen-bond acceptors (Lipinski definition) is 11. The van der Waals surface area contributed by atoms with Gasteiger partial charge in [-0.1, -0.05) is 29.8 Å². The quantitative estimate of drug-likeness (QED) is 0.179. The fourth-order valence-electron chi connectivity index (χ4n) is 4.93. The summed E-state index contributed by atoms with van der Waals surface area (Å²) in [6.45, 7) is 6.07. The number of benzene rings is 1. The van der Waals surface area contributed by atoms with Crippen LogP contribution in [0.15, 0.2) is 43.4 Å². The number of anilines is 2. The van der Waals surface area contributed by atoms with Gasteiger partial charge in [-0.2, -0.15) is 5.10 Å². The normalized spacial score (nSPS) is 16.2. The number of methoxy groups -OCH3 is 3. The smallest absolute Gasteiger partial charge is 0.223 e. The average molecular weight is 643 g/mol. The molecule has 4 aromatic rings. The van der Waals surface area contributed by atoms with E-state index in [1.807, 2.05) is 16.9 Å². The van der Waals surface area contributed by atoms with Crippen LogP contribution in [0.1, 0.15) is 12.0 Å². The van der Waals surface area contributed by atoms with E-state index >= 15 is 0 Å². The lowest BCUT2D eigenvalue weighted by molar-refractivity contribution is -0.115. The zero-order valence-electron chi connectivity index (χ0n) is 24.6. The van der Waals surface area contributed by atoms with Crippen molar-refractivity contribution < 1.29 is 23.7 Å². The molecule has 2 N–H and O–H groups in total. The summed E-state index contributed by atoms with van der Waals surface area (Å²) in [6.07, 6.45) is 7.08. The molecule has 44 heavy (non-hydrogen) atoms. The molecule has 1 aliphatic rings. The van der Waals surface area contributed by atoms with E-state index in [9.17, 15) is 4.79 Å². The van der Waals surface area contributed by atoms with Crippen LogP contribution in [0.25, 0.3) is 22.2 Å². The van der Waals surface area contributed by atoms with Crippen molar-refractivity contribution in [3.63, 3.8) is 0 Å². The summed E-state index contributed by atoms with van der Waals surface area (Å²) in [5.74, 6) is 1.58. The Morgan fingerprint density at radius 2 is 1.91 bits per heavy atom. The molecule has 0 radical (unpaired) electrons. The summed E-state index contributed by atoms with van der Waals surface area (Å²) in [6, 6.07) is 3.29. The third-order valence-electron chi connectivity index (χ3n) is 7.27. The van der Waals surface area contributed by atoms with Crippen molar-refractivity contribution in [2.24, 2.45) is 5.92 Å². The van der Waals surface area contributed by atoms with Gasteiger partial charge in [-0.15, -0.1) is 0 Å². The molecule has 0 spiro atoms. The molecule has 5 rings (SSSR count). The minimum atomic E-state index is -0.139. The minimum Gasteiger partial charge on any atom is -0.495 e. The van der Waals surface area contributed by atoms with E-state index in [0.29, 0.717) is 84.8 Å². The Bertz CT molecular complexity index is 1640. The predicted molar refractivity (Wildman–Crippen MR) is 169 cm³/mol. The van der Waals surface area contributed by atoms with Gasteiger partial charge in [-0.05, 0) is 12.1 Å². The fourth-order valence-corrected chi connectivity index (χ4v) is 5.62. The van der Waals surface area contributed by atoms with Gasteiger partial charge in [0.25, 0.3) is 0 Å². The lowest BCUT2D eigenvalue weighted by Gasteiger charge is -2.19. The molecule has 14 heteroatoms. The SMILES string of the molecule is C=CC(=O)C[C@H]1COC[C@H]1Nc1ncc2cc(-c3c(Cl)c(OC)cc(OC)c3Cl)nc(NCc3cnn(CCOC)c3)c2n1. The number of carbonyl (C=O) groups excluding carboxylic acids is 1. The Hall–Kier alpha value is -3.97. The maximum Gasteiger partial charge on any atom is 0.223 e. The molecule has 0 amide bonds. The van der Waals surface area contributed by atoms with Crippen molar-refractivity contribution in [2.45, 2.75) is 25.6 Å². The predicted octanol–water partition coefficient (Wildman–Crippen LogP) is 5.04. The van der Waals surface area contributed by atoms with E-state index in [1.54, 1.807) is 25.6 Å². The van der Waals surface area contributed by atoms with E-state index in [4.69, 9.17) is 52.1 Å². The van der Waals surface area contributed by atoms with Gasteiger partial charge in [0.15, 0.2) is 11.6 Å². The van der Waals surface area contributed by atoms with Gasteiger partial charge in [-0.25, -0.2) is 15.0 Å². The van der Waals surface area contributed by atoms with Gasteiger partial charge in [-0.3, -0.25) is 9.48 Å². The molecule has 0 bridgehead atoms. The number of ether oxygens (including phenoxy) is 4. The Morgan fingerprint density at radius 3 is 2.61 bits per heavy atom. The summed E-state index contributed by atoms with van der Waals surface area (Å²) < 4.78 is 23.6. The first-order chi connectivity index (χ1) is 21.3. The van der Waals surface area contributed by atoms with Crippen LogP contribution in [0, 0.1) is 5.92 Å². The van der Waals surface area contributed by atoms with Gasteiger partial charge < -0.3 is 29.6 Å². The average Bonchev–Trinajstić information content (AvgIpc) is 3.68. The topological polar surface area (TPSA) is 135 Å². The monoisotopic (exact) mass is 641 g/mol. The first kappa shape index (κ1) is 31.5. The first-order valence-corrected chi connectivity index (χ1v) is 14.6. The number of allylic oxidation sites excluding steroid dienone is 1. The summed E-state index contributed by atoms with van der Waals surface area (Å²) in [4.78, 5) is 26.3. The van der Waals surface area contributed by atoms with Gasteiger partial charge in [0.1, 0.15) is 17.0 Å². The van der Waals surface area contributed by atoms with Gasteiger partial charge in [0, 0.05) is 61.0 Å². The fraction of sp³-hybridized carbons (Fsp3) is 0.367. The van der Waals surface area contributed by atoms with Crippen LogP contribution < -0.4 is 20.1 Å². The van der Waals surface area contributed by atoms with E-state index in [2.05, 4.69) is 27.3 Å². The molecule has 3 aromatic heterocycles. The molecular formula is C30H33Cl2N7O5. The lowest BCUT2D eigenvalue weighted by atomic mass is 9.97. The van der Waals surface area contributed by atoms with Crippen LogP contribution in [0.2, 0.25) is 10.0 Å². The minimum absolute atomic E-state index is 0.0279. The number of rotatable bonds is 14. The maximum atomic E-state index is 12.0. The van der Waals surface area contributed by atoms with Crippen molar-refractivity contribution in [2.75, 3.05) is 51.8 Å². The molecule has 0 unspecified atom stereocenters. The number of halogens is 2. The number of fused-ring (bicyclic) bond motifs is 1. The number of aromatic nitrogens is 5. The molecule has 232 valence electrons. The van der Waals surface area contributed by atoms with Crippen LogP contribution >= 0.6 is 23.2 Å². The second-order valence-electron chi connectivity index (χ2n) is 10.2. The highest BCUT2D eigenvalue weighted by atomic mass is 35.5. The highest BCUT2D eigenvalue weighted by Gasteiger charge is 2.30. The highest BCUT2D eigenvalue weighted by molar-refractivity contribution is 6.41. The summed E-state index contributed by atoms with van der Waals surface area (Å²) >= 11 is 13.5. The number of hydrogen-bond donors (Lipinski definition) is 2. The number of carbonyl (C=O) groups is 1. The van der Waals surface area contributed by atoms with Gasteiger partial charge >= 0.3 is 0 Å². The number of pyridine rings is 1. The second kappa shape index (κ2) is 14.2. The van der Waals surface area contributed by atoms with Crippen LogP contribution in [0.5, 0.6) is 11.5 Å². The zero-order chi connectivity index (χ0) is 31.2. The third kappa shape index (κ3) is 6.88. The van der Waals surface area contributed by atoms with E-state index in [0.717, 1.165) is 5.56 Å². The second-order valence-corrected chi connectivity index (χ2v) is 10.9. The Kier molecular flexibility index (Phi) is 10.2. The van der Waals surface area contributed by atoms with Crippen molar-refractivity contribution in [1.29, 1.82) is 0 Å². The van der Waals surface area contributed by atoms with Crippen molar-refractivity contribution in [1.82, 2.24) is 24.7 Å². The van der Waals surface area contributed by atoms with Crippen LogP contribution in [-0.4, -0.2) is 77.7 Å². The summed E-state index contributed by atoms with van der Waals surface area (Å²) in [7, 11) is 4.68. The first-order valence-electron chi connectivity index (χ1n) is 13.9. The van der Waals surface area contributed by atoms with E-state index < -0.39 is 0 Å². The number of nitrogens with one attached hydrogen (secondary N) is 2. The molecule has 0 aliphatic carbocycles. The van der Waals surface area contributed by atoms with Gasteiger partial charge in [0.05, 0.1) is 68.6 Å². The molecule has 1 aliphatic heterocycles. The Balaban J connectivity index is 1.53. The highest BCUT2D eigenvalue weighted by Crippen LogP contribution is 2.46. The van der Waals surface area contributed by atoms with Crippen LogP contribution in [0.4, 0.5) is 11.8 Å². The zero-order valence-corrected chi connectivity index (χ0v) is 26.1. The Morgan fingerprint density at radius 1 is 1.14 bits per heavy atom. The lowest BCUT2D eigenvalue weighted by Crippen LogP contribution is -2.30. The standard InChI is InChI=1S/C30H33Cl2N7O5/c1-5-20(40)8-19-15-44-16-22(19)37-30-34-13-18-9-21(25-26(31)23(42-3)10-24(43-4)27(25)32)36-29(28(18)38-30)33-11-17-12-35-39(14-17)6-7-41-2/h5,9-10,12-14,19,22H,1,6-8,11,15-16H2,2-4H3,(H,33,36)(H,34,37,38)/t19-,22+/m0/s1. The molecule has 4 heterocycles.